The van der Waals surface area contributed by atoms with Crippen LogP contribution in [0.5, 0.6) is 5.75 Å². The summed E-state index contributed by atoms with van der Waals surface area (Å²) in [7, 11) is 1.68. The molecule has 0 radical (unpaired) electrons. The van der Waals surface area contributed by atoms with Crippen molar-refractivity contribution in [3.8, 4) is 17.3 Å². The lowest BCUT2D eigenvalue weighted by atomic mass is 10.2. The van der Waals surface area contributed by atoms with Crippen LogP contribution in [0.3, 0.4) is 0 Å². The molecule has 0 saturated carbocycles. The lowest BCUT2D eigenvalue weighted by Gasteiger charge is -2.36. The van der Waals surface area contributed by atoms with Crippen LogP contribution in [0.25, 0.3) is 28.3 Å². The molecule has 11 heteroatoms. The van der Waals surface area contributed by atoms with E-state index in [0.717, 1.165) is 61.7 Å². The van der Waals surface area contributed by atoms with Crippen LogP contribution in [0.2, 0.25) is 0 Å². The highest BCUT2D eigenvalue weighted by atomic mass is 16.5. The van der Waals surface area contributed by atoms with Gasteiger partial charge in [-0.15, -0.1) is 5.10 Å². The maximum Gasteiger partial charge on any atom is 0.217 e. The number of anilines is 1. The van der Waals surface area contributed by atoms with E-state index in [4.69, 9.17) is 13.9 Å². The predicted octanol–water partition coefficient (Wildman–Crippen LogP) is 2.58. The number of benzene rings is 1. The van der Waals surface area contributed by atoms with Gasteiger partial charge in [-0.05, 0) is 36.4 Å². The summed E-state index contributed by atoms with van der Waals surface area (Å²) >= 11 is 0. The van der Waals surface area contributed by atoms with Crippen LogP contribution in [0.4, 0.5) is 5.69 Å². The van der Waals surface area contributed by atoms with Crippen LogP contribution in [0, 0.1) is 0 Å². The summed E-state index contributed by atoms with van der Waals surface area (Å²) in [5.41, 5.74) is 2.76. The Morgan fingerprint density at radius 3 is 2.61 bits per heavy atom. The number of nitrogens with zero attached hydrogens (tertiary/aromatic N) is 8. The van der Waals surface area contributed by atoms with Gasteiger partial charge in [0.05, 0.1) is 31.0 Å². The number of aromatic nitrogens is 6. The summed E-state index contributed by atoms with van der Waals surface area (Å²) in [5, 5.41) is 9.94. The van der Waals surface area contributed by atoms with Gasteiger partial charge < -0.3 is 18.8 Å². The van der Waals surface area contributed by atoms with Crippen molar-refractivity contribution in [2.75, 3.05) is 57.9 Å². The molecule has 1 aliphatic heterocycles. The number of piperazine rings is 1. The van der Waals surface area contributed by atoms with Gasteiger partial charge >= 0.3 is 0 Å². The molecule has 0 bridgehead atoms. The molecule has 0 N–H and O–H groups in total. The van der Waals surface area contributed by atoms with Crippen molar-refractivity contribution < 1.29 is 13.9 Å². The maximum absolute atomic E-state index is 5.67. The molecule has 0 aliphatic carbocycles. The van der Waals surface area contributed by atoms with Crippen molar-refractivity contribution in [2.24, 2.45) is 0 Å². The van der Waals surface area contributed by atoms with E-state index in [2.05, 4.69) is 42.1 Å². The zero-order chi connectivity index (χ0) is 24.3. The number of furan rings is 1. The summed E-state index contributed by atoms with van der Waals surface area (Å²) < 4.78 is 19.8. The summed E-state index contributed by atoms with van der Waals surface area (Å²) in [6.07, 6.45) is 5.11. The monoisotopic (exact) mass is 488 g/mol. The second-order valence-electron chi connectivity index (χ2n) is 8.69. The van der Waals surface area contributed by atoms with Crippen LogP contribution in [-0.4, -0.2) is 87.3 Å². The van der Waals surface area contributed by atoms with Crippen molar-refractivity contribution in [1.29, 1.82) is 0 Å². The molecule has 6 rings (SSSR count). The van der Waals surface area contributed by atoms with E-state index in [1.807, 2.05) is 35.1 Å². The first kappa shape index (κ1) is 22.5. The number of hydrogen-bond donors (Lipinski definition) is 0. The fraction of sp³-hybridized carbons (Fsp3) is 0.360. The minimum Gasteiger partial charge on any atom is -0.491 e. The molecule has 5 aromatic rings. The molecule has 0 spiro atoms. The Bertz CT molecular complexity index is 1420. The normalized spacial score (nSPS) is 14.8. The van der Waals surface area contributed by atoms with Crippen LogP contribution < -0.4 is 9.64 Å². The first-order valence-corrected chi connectivity index (χ1v) is 12.1. The van der Waals surface area contributed by atoms with Gasteiger partial charge in [0.2, 0.25) is 5.82 Å². The SMILES string of the molecule is COCCOc1ccc(N2CCN(CCn3ncc4c3ncn3nc(-c5ccco5)nc43)CC2)cc1. The molecule has 186 valence electrons. The molecule has 0 unspecified atom stereocenters. The fourth-order valence-corrected chi connectivity index (χ4v) is 4.51. The average Bonchev–Trinajstić information content (AvgIpc) is 3.68. The third-order valence-electron chi connectivity index (χ3n) is 6.47. The number of rotatable bonds is 9. The standard InChI is InChI=1S/C25H28N8O3/c1-34-15-16-35-20-6-4-19(5-7-20)31-11-8-30(9-12-31)10-13-32-24-21(17-27-32)25-28-23(22-3-2-14-36-22)29-33(25)18-26-24/h2-7,14,17-18H,8-13,15-16H2,1H3. The average molecular weight is 489 g/mol. The van der Waals surface area contributed by atoms with Gasteiger partial charge in [0.15, 0.2) is 17.1 Å². The Labute approximate surface area is 207 Å². The maximum atomic E-state index is 5.67. The first-order chi connectivity index (χ1) is 17.8. The minimum atomic E-state index is 0.535. The third-order valence-corrected chi connectivity index (χ3v) is 6.47. The number of hydrogen-bond acceptors (Lipinski definition) is 9. The summed E-state index contributed by atoms with van der Waals surface area (Å²) in [6.45, 7) is 6.79. The Balaban J connectivity index is 1.06. The zero-order valence-corrected chi connectivity index (χ0v) is 20.2. The van der Waals surface area contributed by atoms with E-state index in [1.54, 1.807) is 24.2 Å². The van der Waals surface area contributed by atoms with Gasteiger partial charge in [-0.3, -0.25) is 4.90 Å². The molecular weight excluding hydrogens is 460 g/mol. The largest absolute Gasteiger partial charge is 0.491 e. The molecule has 1 saturated heterocycles. The van der Waals surface area contributed by atoms with E-state index in [9.17, 15) is 0 Å². The molecule has 1 aliphatic rings. The summed E-state index contributed by atoms with van der Waals surface area (Å²) in [5.74, 6) is 2.04. The van der Waals surface area contributed by atoms with Crippen molar-refractivity contribution >= 4 is 22.4 Å². The molecular formula is C25H28N8O3. The van der Waals surface area contributed by atoms with Crippen molar-refractivity contribution in [1.82, 2.24) is 34.3 Å². The number of ether oxygens (including phenoxy) is 2. The quantitative estimate of drug-likeness (QED) is 0.290. The van der Waals surface area contributed by atoms with Crippen LogP contribution in [-0.2, 0) is 11.3 Å². The lowest BCUT2D eigenvalue weighted by molar-refractivity contribution is 0.146. The third kappa shape index (κ3) is 4.50. The van der Waals surface area contributed by atoms with E-state index in [-0.39, 0.29) is 0 Å². The Morgan fingerprint density at radius 2 is 1.83 bits per heavy atom. The smallest absolute Gasteiger partial charge is 0.217 e. The summed E-state index contributed by atoms with van der Waals surface area (Å²) in [4.78, 5) is 14.1. The van der Waals surface area contributed by atoms with Gasteiger partial charge in [0.25, 0.3) is 0 Å². The zero-order valence-electron chi connectivity index (χ0n) is 20.2. The van der Waals surface area contributed by atoms with Gasteiger partial charge in [0, 0.05) is 45.5 Å². The van der Waals surface area contributed by atoms with E-state index in [1.165, 1.54) is 5.69 Å². The Morgan fingerprint density at radius 1 is 0.972 bits per heavy atom. The van der Waals surface area contributed by atoms with Crippen molar-refractivity contribution in [3.05, 3.63) is 55.2 Å². The van der Waals surface area contributed by atoms with E-state index < -0.39 is 0 Å². The molecule has 1 aromatic carbocycles. The van der Waals surface area contributed by atoms with Gasteiger partial charge in [0.1, 0.15) is 18.7 Å². The molecule has 1 fully saturated rings. The lowest BCUT2D eigenvalue weighted by Crippen LogP contribution is -2.47. The molecule has 36 heavy (non-hydrogen) atoms. The van der Waals surface area contributed by atoms with Gasteiger partial charge in [-0.2, -0.15) is 5.10 Å². The molecule has 0 amide bonds. The van der Waals surface area contributed by atoms with Crippen LogP contribution >= 0.6 is 0 Å². The van der Waals surface area contributed by atoms with Gasteiger partial charge in [-0.1, -0.05) is 0 Å². The van der Waals surface area contributed by atoms with Gasteiger partial charge in [-0.25, -0.2) is 19.2 Å². The Kier molecular flexibility index (Phi) is 6.22. The van der Waals surface area contributed by atoms with E-state index >= 15 is 0 Å². The molecule has 5 heterocycles. The van der Waals surface area contributed by atoms with Crippen LogP contribution in [0.15, 0.2) is 59.6 Å². The van der Waals surface area contributed by atoms with Crippen molar-refractivity contribution in [3.63, 3.8) is 0 Å². The fourth-order valence-electron chi connectivity index (χ4n) is 4.51. The molecule has 4 aromatic heterocycles. The number of fused-ring (bicyclic) bond motifs is 3. The van der Waals surface area contributed by atoms with E-state index in [0.29, 0.717) is 24.8 Å². The summed E-state index contributed by atoms with van der Waals surface area (Å²) in [6, 6.07) is 12.0. The highest BCUT2D eigenvalue weighted by Crippen LogP contribution is 2.22. The minimum absolute atomic E-state index is 0.535. The highest BCUT2D eigenvalue weighted by Gasteiger charge is 2.19. The first-order valence-electron chi connectivity index (χ1n) is 12.1. The van der Waals surface area contributed by atoms with Crippen molar-refractivity contribution in [2.45, 2.75) is 6.54 Å². The topological polar surface area (TPSA) is 99.0 Å². The highest BCUT2D eigenvalue weighted by molar-refractivity contribution is 5.88. The molecule has 11 nitrogen and oxygen atoms in total. The Hall–Kier alpha value is -3.96. The predicted molar refractivity (Wildman–Crippen MR) is 134 cm³/mol. The number of methoxy groups -OCH3 is 1. The second kappa shape index (κ2) is 9.96. The van der Waals surface area contributed by atoms with Crippen LogP contribution in [0.1, 0.15) is 0 Å². The second-order valence-corrected chi connectivity index (χ2v) is 8.69. The molecule has 0 atom stereocenters.